The molecule has 0 bridgehead atoms. The SMILES string of the molecule is c1ccc2c(-c3c4c(cc5ccccc35)N4c3cccc4cccnc34)c3c(cc2c1)N3c1cccc2cccnc12. The Balaban J connectivity index is 1.28. The summed E-state index contributed by atoms with van der Waals surface area (Å²) in [4.78, 5) is 14.4. The number of para-hydroxylation sites is 2. The van der Waals surface area contributed by atoms with E-state index in [1.807, 2.05) is 24.5 Å². The lowest BCUT2D eigenvalue weighted by molar-refractivity contribution is 1.39. The van der Waals surface area contributed by atoms with Crippen molar-refractivity contribution in [1.82, 2.24) is 9.97 Å². The highest BCUT2D eigenvalue weighted by atomic mass is 15.3. The van der Waals surface area contributed by atoms with Crippen LogP contribution in [0.5, 0.6) is 0 Å². The molecule has 4 heteroatoms. The Morgan fingerprint density at radius 3 is 1.31 bits per heavy atom. The number of fused-ring (bicyclic) bond motifs is 6. The summed E-state index contributed by atoms with van der Waals surface area (Å²) in [5, 5.41) is 7.28. The molecule has 0 saturated heterocycles. The standard InChI is InChI=1S/C38H22N4/c1-3-15-27-25(9-1)21-31-37(41(31)29-17-5-11-23-13-7-19-39-35(23)29)33(27)34-28-16-4-2-10-26(28)22-32-38(34)42(32)30-18-6-12-24-14-8-20-40-36(24)30/h1-22H. The maximum atomic E-state index is 4.80. The lowest BCUT2D eigenvalue weighted by atomic mass is 9.94. The molecule has 0 N–H and O–H groups in total. The largest absolute Gasteiger partial charge is 0.303 e. The molecule has 2 aromatic heterocycles. The molecule has 194 valence electrons. The summed E-state index contributed by atoms with van der Waals surface area (Å²) >= 11 is 0. The Labute approximate surface area is 241 Å². The molecule has 42 heavy (non-hydrogen) atoms. The van der Waals surface area contributed by atoms with Crippen LogP contribution < -0.4 is 9.80 Å². The monoisotopic (exact) mass is 534 g/mol. The second kappa shape index (κ2) is 7.93. The molecule has 4 nitrogen and oxygen atoms in total. The molecule has 2 aliphatic heterocycles. The molecule has 8 aromatic rings. The van der Waals surface area contributed by atoms with Crippen molar-refractivity contribution in [3.05, 3.63) is 134 Å². The number of hydrogen-bond acceptors (Lipinski definition) is 4. The molecule has 0 fully saturated rings. The van der Waals surface area contributed by atoms with E-state index in [1.54, 1.807) is 0 Å². The van der Waals surface area contributed by atoms with Gasteiger partial charge in [-0.25, -0.2) is 0 Å². The van der Waals surface area contributed by atoms with E-state index in [9.17, 15) is 0 Å². The van der Waals surface area contributed by atoms with Crippen LogP contribution in [0, 0.1) is 0 Å². The second-order valence-electron chi connectivity index (χ2n) is 11.1. The number of nitrogens with zero attached hydrogens (tertiary/aromatic N) is 4. The molecule has 0 saturated carbocycles. The van der Waals surface area contributed by atoms with Gasteiger partial charge in [-0.2, -0.15) is 0 Å². The molecule has 2 aliphatic rings. The van der Waals surface area contributed by atoms with Crippen molar-refractivity contribution in [1.29, 1.82) is 0 Å². The van der Waals surface area contributed by atoms with Gasteiger partial charge in [0.25, 0.3) is 0 Å². The minimum Gasteiger partial charge on any atom is -0.303 e. The van der Waals surface area contributed by atoms with Gasteiger partial charge in [0.15, 0.2) is 0 Å². The Kier molecular flexibility index (Phi) is 4.15. The van der Waals surface area contributed by atoms with E-state index in [0.717, 1.165) is 33.2 Å². The lowest BCUT2D eigenvalue weighted by Crippen LogP contribution is -1.94. The van der Waals surface area contributed by atoms with Gasteiger partial charge in [0.1, 0.15) is 0 Å². The van der Waals surface area contributed by atoms with Gasteiger partial charge in [-0.05, 0) is 57.9 Å². The summed E-state index contributed by atoms with van der Waals surface area (Å²) in [5.74, 6) is 0. The van der Waals surface area contributed by atoms with E-state index >= 15 is 0 Å². The van der Waals surface area contributed by atoms with Gasteiger partial charge in [-0.15, -0.1) is 0 Å². The van der Waals surface area contributed by atoms with Crippen molar-refractivity contribution in [2.24, 2.45) is 0 Å². The summed E-state index contributed by atoms with van der Waals surface area (Å²) in [6, 6.07) is 43.4. The maximum absolute atomic E-state index is 4.80. The Morgan fingerprint density at radius 2 is 0.810 bits per heavy atom. The zero-order valence-electron chi connectivity index (χ0n) is 22.5. The quantitative estimate of drug-likeness (QED) is 0.211. The average Bonchev–Trinajstić information content (AvgIpc) is 3.96. The molecule has 0 atom stereocenters. The van der Waals surface area contributed by atoms with Crippen molar-refractivity contribution < 1.29 is 0 Å². The van der Waals surface area contributed by atoms with Crippen molar-refractivity contribution in [3.63, 3.8) is 0 Å². The molecular formula is C38H22N4. The lowest BCUT2D eigenvalue weighted by Gasteiger charge is -2.12. The predicted octanol–water partition coefficient (Wildman–Crippen LogP) is 10.3. The van der Waals surface area contributed by atoms with Crippen LogP contribution in [0.4, 0.5) is 34.1 Å². The Hall–Kier alpha value is -5.74. The number of anilines is 6. The zero-order valence-corrected chi connectivity index (χ0v) is 22.5. The molecular weight excluding hydrogens is 512 g/mol. The molecule has 0 spiro atoms. The fourth-order valence-corrected chi connectivity index (χ4v) is 6.90. The van der Waals surface area contributed by atoms with Gasteiger partial charge in [-0.1, -0.05) is 84.9 Å². The van der Waals surface area contributed by atoms with E-state index in [2.05, 4.69) is 119 Å². The van der Waals surface area contributed by atoms with Gasteiger partial charge >= 0.3 is 0 Å². The normalized spacial score (nSPS) is 13.1. The maximum Gasteiger partial charge on any atom is 0.0942 e. The van der Waals surface area contributed by atoms with Crippen molar-refractivity contribution in [3.8, 4) is 11.1 Å². The highest BCUT2D eigenvalue weighted by Gasteiger charge is 2.43. The fraction of sp³-hybridized carbons (Fsp3) is 0. The Bertz CT molecular complexity index is 2260. The number of rotatable bonds is 3. The number of aromatic nitrogens is 2. The van der Waals surface area contributed by atoms with E-state index in [0.29, 0.717) is 0 Å². The first-order valence-electron chi connectivity index (χ1n) is 14.3. The third-order valence-electron chi connectivity index (χ3n) is 8.79. The van der Waals surface area contributed by atoms with Gasteiger partial charge < -0.3 is 9.80 Å². The first-order chi connectivity index (χ1) is 20.9. The molecule has 0 radical (unpaired) electrons. The third-order valence-corrected chi connectivity index (χ3v) is 8.79. The van der Waals surface area contributed by atoms with Crippen LogP contribution >= 0.6 is 0 Å². The van der Waals surface area contributed by atoms with Crippen LogP contribution in [0.1, 0.15) is 0 Å². The summed E-state index contributed by atoms with van der Waals surface area (Å²) in [6.45, 7) is 0. The molecule has 4 heterocycles. The van der Waals surface area contributed by atoms with Gasteiger partial charge in [0.2, 0.25) is 0 Å². The predicted molar refractivity (Wildman–Crippen MR) is 174 cm³/mol. The van der Waals surface area contributed by atoms with E-state index in [1.165, 1.54) is 55.4 Å². The molecule has 0 amide bonds. The van der Waals surface area contributed by atoms with Gasteiger partial charge in [0.05, 0.1) is 45.2 Å². The smallest absolute Gasteiger partial charge is 0.0942 e. The Morgan fingerprint density at radius 1 is 0.381 bits per heavy atom. The molecule has 6 aromatic carbocycles. The van der Waals surface area contributed by atoms with Crippen molar-refractivity contribution in [2.45, 2.75) is 0 Å². The minimum absolute atomic E-state index is 1.02. The van der Waals surface area contributed by atoms with Crippen molar-refractivity contribution in [2.75, 3.05) is 9.80 Å². The van der Waals surface area contributed by atoms with E-state index in [-0.39, 0.29) is 0 Å². The zero-order chi connectivity index (χ0) is 27.4. The van der Waals surface area contributed by atoms with E-state index < -0.39 is 0 Å². The second-order valence-corrected chi connectivity index (χ2v) is 11.1. The van der Waals surface area contributed by atoms with Crippen LogP contribution in [0.25, 0.3) is 54.5 Å². The van der Waals surface area contributed by atoms with Crippen LogP contribution in [0.3, 0.4) is 0 Å². The number of benzene rings is 6. The molecule has 10 rings (SSSR count). The van der Waals surface area contributed by atoms with Gasteiger partial charge in [0, 0.05) is 34.3 Å². The van der Waals surface area contributed by atoms with Gasteiger partial charge in [-0.3, -0.25) is 9.97 Å². The molecule has 0 unspecified atom stereocenters. The first kappa shape index (κ1) is 22.0. The summed E-state index contributed by atoms with van der Waals surface area (Å²) in [5.41, 5.74) is 11.8. The fourth-order valence-electron chi connectivity index (χ4n) is 6.90. The third kappa shape index (κ3) is 2.90. The van der Waals surface area contributed by atoms with Crippen LogP contribution in [0.15, 0.2) is 134 Å². The first-order valence-corrected chi connectivity index (χ1v) is 14.3. The summed E-state index contributed by atoms with van der Waals surface area (Å²) < 4.78 is 0. The van der Waals surface area contributed by atoms with Crippen LogP contribution in [-0.4, -0.2) is 9.97 Å². The highest BCUT2D eigenvalue weighted by Crippen LogP contribution is 2.68. The van der Waals surface area contributed by atoms with E-state index in [4.69, 9.17) is 9.97 Å². The average molecular weight is 535 g/mol. The highest BCUT2D eigenvalue weighted by molar-refractivity contribution is 6.29. The number of hydrogen-bond donors (Lipinski definition) is 0. The number of pyridine rings is 2. The van der Waals surface area contributed by atoms with Crippen LogP contribution in [-0.2, 0) is 0 Å². The summed E-state index contributed by atoms with van der Waals surface area (Å²) in [6.07, 6.45) is 3.77. The van der Waals surface area contributed by atoms with Crippen LogP contribution in [0.2, 0.25) is 0 Å². The summed E-state index contributed by atoms with van der Waals surface area (Å²) in [7, 11) is 0. The topological polar surface area (TPSA) is 31.8 Å². The minimum atomic E-state index is 1.02. The van der Waals surface area contributed by atoms with Crippen molar-refractivity contribution >= 4 is 77.5 Å². The molecule has 0 aliphatic carbocycles.